The molecule has 4 aromatic rings. The molecule has 0 aliphatic carbocycles. The van der Waals surface area contributed by atoms with E-state index < -0.39 is 26.0 Å². The molecule has 0 spiro atoms. The Morgan fingerprint density at radius 1 is 0.696 bits per heavy atom. The number of ether oxygens (including phenoxy) is 2. The molecule has 0 amide bonds. The van der Waals surface area contributed by atoms with Gasteiger partial charge in [0.15, 0.2) is 12.4 Å². The van der Waals surface area contributed by atoms with Crippen LogP contribution in [-0.4, -0.2) is 54.3 Å². The monoisotopic (exact) mass is 664 g/mol. The first-order chi connectivity index (χ1) is 21.8. The number of nitrogens with zero attached hydrogens (tertiary/aromatic N) is 2. The van der Waals surface area contributed by atoms with Crippen molar-refractivity contribution in [1.29, 1.82) is 0 Å². The maximum atomic E-state index is 13.3. The second-order valence-electron chi connectivity index (χ2n) is 10.6. The fraction of sp³-hybridized carbons (Fsp3) is 0.235. The number of carbonyl (C=O) groups is 2. The molecule has 12 heteroatoms. The first kappa shape index (κ1) is 34.2. The first-order valence-corrected chi connectivity index (χ1v) is 18.1. The standard InChI is InChI=1S/C34H36N2O8S2/c1-5-43-33(37)24-44-30-14-9-13-29(21-30)34(38)28-19-17-27(18-20-28)23-35(22-26-11-7-6-8-12-26)31-15-10-16-32(25(31)2)36(45(3,39)40)46(4,41)42/h6-21H,5,22-24H2,1-4H3. The van der Waals surface area contributed by atoms with Crippen LogP contribution in [0.25, 0.3) is 0 Å². The topological polar surface area (TPSA) is 127 Å². The van der Waals surface area contributed by atoms with Crippen molar-refractivity contribution in [2.45, 2.75) is 26.9 Å². The van der Waals surface area contributed by atoms with Gasteiger partial charge in [-0.25, -0.2) is 21.6 Å². The third-order valence-electron chi connectivity index (χ3n) is 6.98. The van der Waals surface area contributed by atoms with Gasteiger partial charge in [0.05, 0.1) is 24.8 Å². The summed E-state index contributed by atoms with van der Waals surface area (Å²) in [6.07, 6.45) is 1.72. The second-order valence-corrected chi connectivity index (χ2v) is 14.5. The second kappa shape index (κ2) is 14.6. The maximum absolute atomic E-state index is 13.3. The predicted octanol–water partition coefficient (Wildman–Crippen LogP) is 5.10. The first-order valence-electron chi connectivity index (χ1n) is 14.4. The average Bonchev–Trinajstić information content (AvgIpc) is 3.00. The molecule has 0 N–H and O–H groups in total. The van der Waals surface area contributed by atoms with E-state index in [4.69, 9.17) is 9.47 Å². The number of esters is 1. The molecule has 0 aromatic heterocycles. The van der Waals surface area contributed by atoms with Gasteiger partial charge >= 0.3 is 5.97 Å². The summed E-state index contributed by atoms with van der Waals surface area (Å²) in [4.78, 5) is 26.9. The molecular weight excluding hydrogens is 629 g/mol. The smallest absolute Gasteiger partial charge is 0.344 e. The van der Waals surface area contributed by atoms with Gasteiger partial charge in [-0.05, 0) is 54.8 Å². The van der Waals surface area contributed by atoms with E-state index in [0.29, 0.717) is 44.9 Å². The van der Waals surface area contributed by atoms with Crippen molar-refractivity contribution in [3.8, 4) is 5.75 Å². The number of hydrogen-bond acceptors (Lipinski definition) is 9. The summed E-state index contributed by atoms with van der Waals surface area (Å²) in [6.45, 7) is 4.21. The lowest BCUT2D eigenvalue weighted by atomic mass is 10.0. The van der Waals surface area contributed by atoms with E-state index in [1.54, 1.807) is 56.3 Å². The highest BCUT2D eigenvalue weighted by Gasteiger charge is 2.30. The van der Waals surface area contributed by atoms with Crippen LogP contribution in [0.1, 0.15) is 39.5 Å². The van der Waals surface area contributed by atoms with Crippen LogP contribution in [0.5, 0.6) is 5.75 Å². The molecule has 46 heavy (non-hydrogen) atoms. The molecule has 4 rings (SSSR count). The zero-order valence-electron chi connectivity index (χ0n) is 26.0. The minimum absolute atomic E-state index is 0.0509. The molecule has 0 bridgehead atoms. The molecule has 4 aromatic carbocycles. The van der Waals surface area contributed by atoms with Gasteiger partial charge in [0.25, 0.3) is 0 Å². The van der Waals surface area contributed by atoms with E-state index in [9.17, 15) is 26.4 Å². The number of sulfonamides is 2. The van der Waals surface area contributed by atoms with Crippen molar-refractivity contribution in [3.05, 3.63) is 125 Å². The highest BCUT2D eigenvalue weighted by Crippen LogP contribution is 2.34. The molecule has 0 aliphatic rings. The molecule has 10 nitrogen and oxygen atoms in total. The van der Waals surface area contributed by atoms with Gasteiger partial charge in [-0.3, -0.25) is 4.79 Å². The lowest BCUT2D eigenvalue weighted by Crippen LogP contribution is -2.36. The van der Waals surface area contributed by atoms with Gasteiger partial charge in [0, 0.05) is 29.9 Å². The van der Waals surface area contributed by atoms with Gasteiger partial charge in [0.2, 0.25) is 20.0 Å². The summed E-state index contributed by atoms with van der Waals surface area (Å²) >= 11 is 0. The van der Waals surface area contributed by atoms with Crippen molar-refractivity contribution in [1.82, 2.24) is 0 Å². The molecular formula is C34H36N2O8S2. The van der Waals surface area contributed by atoms with E-state index >= 15 is 0 Å². The van der Waals surface area contributed by atoms with E-state index in [-0.39, 0.29) is 24.7 Å². The molecule has 0 atom stereocenters. The van der Waals surface area contributed by atoms with E-state index in [0.717, 1.165) is 23.6 Å². The van der Waals surface area contributed by atoms with Crippen molar-refractivity contribution < 1.29 is 35.9 Å². The number of anilines is 2. The zero-order valence-corrected chi connectivity index (χ0v) is 27.7. The minimum Gasteiger partial charge on any atom is -0.482 e. The Labute approximate surface area is 270 Å². The van der Waals surface area contributed by atoms with E-state index in [1.165, 1.54) is 6.07 Å². The van der Waals surface area contributed by atoms with Crippen LogP contribution in [-0.2, 0) is 42.7 Å². The highest BCUT2D eigenvalue weighted by molar-refractivity contribution is 8.09. The fourth-order valence-electron chi connectivity index (χ4n) is 5.01. The van der Waals surface area contributed by atoms with Crippen molar-refractivity contribution in [2.75, 3.05) is 34.3 Å². The summed E-state index contributed by atoms with van der Waals surface area (Å²) in [5.74, 6) is -0.351. The van der Waals surface area contributed by atoms with Gasteiger partial charge in [0.1, 0.15) is 5.75 Å². The predicted molar refractivity (Wildman–Crippen MR) is 178 cm³/mol. The van der Waals surface area contributed by atoms with E-state index in [1.807, 2.05) is 53.4 Å². The van der Waals surface area contributed by atoms with Crippen LogP contribution in [0, 0.1) is 6.92 Å². The van der Waals surface area contributed by atoms with Crippen molar-refractivity contribution >= 4 is 43.2 Å². The third kappa shape index (κ3) is 8.73. The van der Waals surface area contributed by atoms with Gasteiger partial charge in [-0.2, -0.15) is 3.71 Å². The summed E-state index contributed by atoms with van der Waals surface area (Å²) in [5.41, 5.74) is 3.89. The Bertz CT molecular complexity index is 1880. The van der Waals surface area contributed by atoms with Gasteiger partial charge in [-0.1, -0.05) is 72.8 Å². The molecule has 0 aliphatic heterocycles. The summed E-state index contributed by atoms with van der Waals surface area (Å²) < 4.78 is 61.1. The number of benzene rings is 4. The Morgan fingerprint density at radius 3 is 1.89 bits per heavy atom. The average molecular weight is 665 g/mol. The van der Waals surface area contributed by atoms with Crippen LogP contribution in [0.3, 0.4) is 0 Å². The normalized spacial score (nSPS) is 11.5. The molecule has 0 saturated heterocycles. The Hall–Kier alpha value is -4.68. The fourth-order valence-corrected chi connectivity index (χ4v) is 8.08. The van der Waals surface area contributed by atoms with Gasteiger partial charge < -0.3 is 14.4 Å². The lowest BCUT2D eigenvalue weighted by Gasteiger charge is -2.30. The SMILES string of the molecule is CCOC(=O)COc1cccc(C(=O)c2ccc(CN(Cc3ccccc3)c3cccc(N(S(C)(=O)=O)S(C)(=O)=O)c3C)cc2)c1. The molecule has 242 valence electrons. The quantitative estimate of drug-likeness (QED) is 0.134. The molecule has 0 unspecified atom stereocenters. The lowest BCUT2D eigenvalue weighted by molar-refractivity contribution is -0.145. The molecule has 0 heterocycles. The summed E-state index contributed by atoms with van der Waals surface area (Å²) in [6, 6.07) is 28.3. The highest BCUT2D eigenvalue weighted by atomic mass is 32.3. The Balaban J connectivity index is 1.62. The molecule has 0 fully saturated rings. The number of carbonyl (C=O) groups excluding carboxylic acids is 2. The molecule has 0 saturated carbocycles. The maximum Gasteiger partial charge on any atom is 0.344 e. The van der Waals surface area contributed by atoms with E-state index in [2.05, 4.69) is 0 Å². The Morgan fingerprint density at radius 2 is 1.28 bits per heavy atom. The largest absolute Gasteiger partial charge is 0.482 e. The number of ketones is 1. The number of hydrogen-bond donors (Lipinski definition) is 0. The van der Waals surface area contributed by atoms with Gasteiger partial charge in [-0.15, -0.1) is 0 Å². The van der Waals surface area contributed by atoms with Crippen molar-refractivity contribution in [3.63, 3.8) is 0 Å². The summed E-state index contributed by atoms with van der Waals surface area (Å²) in [7, 11) is -8.28. The van der Waals surface area contributed by atoms with Crippen LogP contribution in [0.4, 0.5) is 11.4 Å². The van der Waals surface area contributed by atoms with Crippen LogP contribution in [0.15, 0.2) is 97.1 Å². The zero-order chi connectivity index (χ0) is 33.5. The summed E-state index contributed by atoms with van der Waals surface area (Å²) in [5, 5.41) is 0. The Kier molecular flexibility index (Phi) is 10.9. The van der Waals surface area contributed by atoms with Crippen LogP contribution < -0.4 is 13.3 Å². The van der Waals surface area contributed by atoms with Crippen LogP contribution in [0.2, 0.25) is 0 Å². The van der Waals surface area contributed by atoms with Crippen molar-refractivity contribution in [2.24, 2.45) is 0 Å². The number of rotatable bonds is 14. The third-order valence-corrected chi connectivity index (χ3v) is 10.2. The minimum atomic E-state index is -4.14. The van der Waals surface area contributed by atoms with Crippen LogP contribution >= 0.6 is 0 Å². The molecule has 0 radical (unpaired) electrons.